The summed E-state index contributed by atoms with van der Waals surface area (Å²) in [6.07, 6.45) is -6.78. The Labute approximate surface area is 212 Å². The standard InChI is InChI=1S/C27H31F6NO3/c1-17(2)3-12-23(19-6-10-22(11-7-19)37-27(31,32)33)34-14-13-18(16-25(35)36)15-24(34)20-4-8-21(9-5-20)26(28,29)30/h4-11,17-18,23-24H,3,12-16H2,1-2H3,(H,35,36). The van der Waals surface area contributed by atoms with Crippen LogP contribution in [0.15, 0.2) is 48.5 Å². The van der Waals surface area contributed by atoms with E-state index in [0.29, 0.717) is 37.3 Å². The predicted octanol–water partition coefficient (Wildman–Crippen LogP) is 8.01. The number of alkyl halides is 6. The number of carboxylic acids is 1. The third-order valence-corrected chi connectivity index (χ3v) is 6.75. The van der Waals surface area contributed by atoms with E-state index in [-0.39, 0.29) is 30.2 Å². The molecule has 1 saturated heterocycles. The highest BCUT2D eigenvalue weighted by Crippen LogP contribution is 2.43. The Kier molecular flexibility index (Phi) is 9.15. The van der Waals surface area contributed by atoms with Crippen LogP contribution < -0.4 is 4.74 Å². The van der Waals surface area contributed by atoms with Gasteiger partial charge < -0.3 is 9.84 Å². The number of benzene rings is 2. The summed E-state index contributed by atoms with van der Waals surface area (Å²) in [7, 11) is 0. The van der Waals surface area contributed by atoms with E-state index in [9.17, 15) is 36.2 Å². The zero-order valence-corrected chi connectivity index (χ0v) is 20.6. The molecule has 37 heavy (non-hydrogen) atoms. The number of hydrogen-bond donors (Lipinski definition) is 1. The molecule has 0 saturated carbocycles. The van der Waals surface area contributed by atoms with Crippen LogP contribution in [-0.2, 0) is 11.0 Å². The van der Waals surface area contributed by atoms with E-state index in [1.54, 1.807) is 12.1 Å². The van der Waals surface area contributed by atoms with Gasteiger partial charge in [-0.3, -0.25) is 9.69 Å². The van der Waals surface area contributed by atoms with Crippen molar-refractivity contribution in [2.45, 2.75) is 70.6 Å². The lowest BCUT2D eigenvalue weighted by Crippen LogP contribution is -2.40. The predicted molar refractivity (Wildman–Crippen MR) is 126 cm³/mol. The molecule has 204 valence electrons. The Morgan fingerprint density at radius 2 is 1.62 bits per heavy atom. The number of likely N-dealkylation sites (tertiary alicyclic amines) is 1. The van der Waals surface area contributed by atoms with Crippen LogP contribution >= 0.6 is 0 Å². The van der Waals surface area contributed by atoms with Gasteiger partial charge in [0.15, 0.2) is 0 Å². The average molecular weight is 532 g/mol. The minimum atomic E-state index is -4.81. The SMILES string of the molecule is CC(C)CCC(c1ccc(OC(F)(F)F)cc1)N1CCC(CC(=O)O)CC1c1ccc(C(F)(F)F)cc1. The molecule has 0 bridgehead atoms. The molecule has 1 heterocycles. The van der Waals surface area contributed by atoms with Gasteiger partial charge in [-0.2, -0.15) is 13.2 Å². The smallest absolute Gasteiger partial charge is 0.481 e. The number of ether oxygens (including phenoxy) is 1. The van der Waals surface area contributed by atoms with E-state index in [0.717, 1.165) is 24.1 Å². The first-order valence-electron chi connectivity index (χ1n) is 12.2. The highest BCUT2D eigenvalue weighted by atomic mass is 19.4. The van der Waals surface area contributed by atoms with Crippen molar-refractivity contribution in [2.24, 2.45) is 11.8 Å². The molecule has 3 unspecified atom stereocenters. The maximum absolute atomic E-state index is 13.1. The monoisotopic (exact) mass is 531 g/mol. The largest absolute Gasteiger partial charge is 0.573 e. The second kappa shape index (κ2) is 11.8. The fourth-order valence-corrected chi connectivity index (χ4v) is 4.99. The maximum atomic E-state index is 13.1. The molecule has 0 aromatic heterocycles. The van der Waals surface area contributed by atoms with Crippen molar-refractivity contribution < 1.29 is 41.0 Å². The van der Waals surface area contributed by atoms with Crippen molar-refractivity contribution in [1.82, 2.24) is 4.90 Å². The molecule has 2 aromatic rings. The lowest BCUT2D eigenvalue weighted by atomic mass is 9.82. The van der Waals surface area contributed by atoms with Crippen LogP contribution in [0.5, 0.6) is 5.75 Å². The molecule has 2 aromatic carbocycles. The van der Waals surface area contributed by atoms with E-state index in [1.165, 1.54) is 24.3 Å². The van der Waals surface area contributed by atoms with E-state index in [4.69, 9.17) is 0 Å². The van der Waals surface area contributed by atoms with Crippen LogP contribution in [0, 0.1) is 11.8 Å². The number of piperidine rings is 1. The minimum Gasteiger partial charge on any atom is -0.481 e. The number of hydrogen-bond acceptors (Lipinski definition) is 3. The van der Waals surface area contributed by atoms with Crippen molar-refractivity contribution in [3.8, 4) is 5.75 Å². The van der Waals surface area contributed by atoms with Gasteiger partial charge in [0.1, 0.15) is 5.75 Å². The second-order valence-electron chi connectivity index (χ2n) is 9.97. The third-order valence-electron chi connectivity index (χ3n) is 6.75. The summed E-state index contributed by atoms with van der Waals surface area (Å²) < 4.78 is 81.3. The number of carboxylic acid groups (broad SMARTS) is 1. The molecule has 0 spiro atoms. The molecule has 1 N–H and O–H groups in total. The number of aliphatic carboxylic acids is 1. The van der Waals surface area contributed by atoms with Crippen molar-refractivity contribution in [1.29, 1.82) is 0 Å². The zero-order valence-electron chi connectivity index (χ0n) is 20.6. The fraction of sp³-hybridized carbons (Fsp3) is 0.519. The molecular weight excluding hydrogens is 500 g/mol. The quantitative estimate of drug-likeness (QED) is 0.333. The summed E-state index contributed by atoms with van der Waals surface area (Å²) >= 11 is 0. The summed E-state index contributed by atoms with van der Waals surface area (Å²) in [6, 6.07) is 10.0. The normalized spacial score (nSPS) is 20.1. The fourth-order valence-electron chi connectivity index (χ4n) is 4.99. The summed E-state index contributed by atoms with van der Waals surface area (Å²) in [4.78, 5) is 13.5. The average Bonchev–Trinajstić information content (AvgIpc) is 2.79. The van der Waals surface area contributed by atoms with E-state index in [1.807, 2.05) is 0 Å². The summed E-state index contributed by atoms with van der Waals surface area (Å²) in [6.45, 7) is 4.63. The van der Waals surface area contributed by atoms with Crippen molar-refractivity contribution >= 4 is 5.97 Å². The van der Waals surface area contributed by atoms with E-state index >= 15 is 0 Å². The van der Waals surface area contributed by atoms with Gasteiger partial charge in [0, 0.05) is 18.5 Å². The molecule has 1 aliphatic heterocycles. The molecule has 10 heteroatoms. The Hall–Kier alpha value is -2.75. The lowest BCUT2D eigenvalue weighted by molar-refractivity contribution is -0.274. The molecule has 0 amide bonds. The maximum Gasteiger partial charge on any atom is 0.573 e. The van der Waals surface area contributed by atoms with Crippen LogP contribution in [0.3, 0.4) is 0 Å². The third kappa shape index (κ3) is 8.38. The molecular formula is C27H31F6NO3. The molecule has 4 nitrogen and oxygen atoms in total. The van der Waals surface area contributed by atoms with Gasteiger partial charge >= 0.3 is 18.5 Å². The topological polar surface area (TPSA) is 49.8 Å². The highest BCUT2D eigenvalue weighted by molar-refractivity contribution is 5.67. The van der Waals surface area contributed by atoms with Crippen LogP contribution in [0.4, 0.5) is 26.3 Å². The van der Waals surface area contributed by atoms with Gasteiger partial charge in [0.25, 0.3) is 0 Å². The van der Waals surface area contributed by atoms with Crippen LogP contribution in [-0.4, -0.2) is 28.9 Å². The molecule has 1 fully saturated rings. The van der Waals surface area contributed by atoms with Gasteiger partial charge in [0.05, 0.1) is 5.56 Å². The van der Waals surface area contributed by atoms with Gasteiger partial charge in [0.2, 0.25) is 0 Å². The van der Waals surface area contributed by atoms with E-state index in [2.05, 4.69) is 23.5 Å². The first-order chi connectivity index (χ1) is 17.2. The number of carbonyl (C=O) groups is 1. The van der Waals surface area contributed by atoms with E-state index < -0.39 is 24.1 Å². The Morgan fingerprint density at radius 1 is 1.00 bits per heavy atom. The van der Waals surface area contributed by atoms with Gasteiger partial charge in [-0.1, -0.05) is 38.1 Å². The number of rotatable bonds is 9. The summed E-state index contributed by atoms with van der Waals surface area (Å²) in [5.41, 5.74) is 0.649. The second-order valence-corrected chi connectivity index (χ2v) is 9.97. The summed E-state index contributed by atoms with van der Waals surface area (Å²) in [5.74, 6) is -1.06. The molecule has 1 aliphatic rings. The van der Waals surface area contributed by atoms with Crippen molar-refractivity contribution in [2.75, 3.05) is 6.54 Å². The van der Waals surface area contributed by atoms with Crippen LogP contribution in [0.25, 0.3) is 0 Å². The van der Waals surface area contributed by atoms with Crippen molar-refractivity contribution in [3.05, 3.63) is 65.2 Å². The van der Waals surface area contributed by atoms with Crippen LogP contribution in [0.1, 0.15) is 74.7 Å². The van der Waals surface area contributed by atoms with Gasteiger partial charge in [-0.25, -0.2) is 0 Å². The van der Waals surface area contributed by atoms with Gasteiger partial charge in [-0.15, -0.1) is 13.2 Å². The summed E-state index contributed by atoms with van der Waals surface area (Å²) in [5, 5.41) is 9.32. The zero-order chi connectivity index (χ0) is 27.4. The minimum absolute atomic E-state index is 0.0366. The lowest BCUT2D eigenvalue weighted by Gasteiger charge is -2.44. The molecule has 3 rings (SSSR count). The first kappa shape index (κ1) is 28.8. The van der Waals surface area contributed by atoms with Crippen molar-refractivity contribution in [3.63, 3.8) is 0 Å². The Bertz CT molecular complexity index is 1020. The molecule has 0 aliphatic carbocycles. The first-order valence-corrected chi connectivity index (χ1v) is 12.2. The Morgan fingerprint density at radius 3 is 2.14 bits per heavy atom. The highest BCUT2D eigenvalue weighted by Gasteiger charge is 2.37. The van der Waals surface area contributed by atoms with Gasteiger partial charge in [-0.05, 0) is 79.5 Å². The van der Waals surface area contributed by atoms with Crippen LogP contribution in [0.2, 0.25) is 0 Å². The number of halogens is 6. The molecule has 3 atom stereocenters. The number of nitrogens with zero attached hydrogens (tertiary/aromatic N) is 1. The molecule has 0 radical (unpaired) electrons. The Balaban J connectivity index is 1.96.